The maximum absolute atomic E-state index is 12.2. The minimum atomic E-state index is -1.05. The molecular formula is C28H29N5O3. The van der Waals surface area contributed by atoms with Crippen molar-refractivity contribution < 1.29 is 14.3 Å². The second-order valence-electron chi connectivity index (χ2n) is 9.64. The van der Waals surface area contributed by atoms with Gasteiger partial charge in [-0.2, -0.15) is 0 Å². The summed E-state index contributed by atoms with van der Waals surface area (Å²) >= 11 is 0. The van der Waals surface area contributed by atoms with E-state index in [0.29, 0.717) is 37.1 Å². The van der Waals surface area contributed by atoms with Gasteiger partial charge < -0.3 is 20.9 Å². The van der Waals surface area contributed by atoms with Gasteiger partial charge in [0.1, 0.15) is 35.2 Å². The summed E-state index contributed by atoms with van der Waals surface area (Å²) < 4.78 is 14.0. The average Bonchev–Trinajstić information content (AvgIpc) is 3.50. The molecule has 0 spiro atoms. The number of carbonyl (C=O) groups is 1. The fourth-order valence-electron chi connectivity index (χ4n) is 5.26. The van der Waals surface area contributed by atoms with Gasteiger partial charge in [0, 0.05) is 30.5 Å². The number of nitrogens with two attached hydrogens (primary N) is 2. The predicted octanol–water partition coefficient (Wildman–Crippen LogP) is 4.32. The summed E-state index contributed by atoms with van der Waals surface area (Å²) in [6, 6.07) is 15.6. The zero-order valence-electron chi connectivity index (χ0n) is 20.0. The lowest BCUT2D eigenvalue weighted by molar-refractivity contribution is -0.139. The number of hydrogen-bond acceptors (Lipinski definition) is 6. The zero-order valence-corrected chi connectivity index (χ0v) is 20.0. The Morgan fingerprint density at radius 2 is 2.03 bits per heavy atom. The highest BCUT2D eigenvalue weighted by atomic mass is 16.5. The molecule has 0 radical (unpaired) electrons. The standard InChI is InChI=1S/C28H29N5O3/c29-25-24-23(32-26(19-6-2-7-19)33(24)13-12-31-25)20-8-3-10-22(16-20)35-17-18-5-1-9-21(15-18)28(27(30)34)11-4-14-36-28/h1,3,5,8-10,12-13,15-16,19H,2,4,6-7,11,14,17H2,(H2,29,31)(H2,30,34). The van der Waals surface area contributed by atoms with Crippen molar-refractivity contribution in [1.82, 2.24) is 14.4 Å². The molecule has 1 unspecified atom stereocenters. The number of rotatable bonds is 7. The molecule has 0 bridgehead atoms. The van der Waals surface area contributed by atoms with Crippen LogP contribution in [0.3, 0.4) is 0 Å². The summed E-state index contributed by atoms with van der Waals surface area (Å²) in [5, 5.41) is 0. The van der Waals surface area contributed by atoms with E-state index in [9.17, 15) is 4.79 Å². The summed E-state index contributed by atoms with van der Waals surface area (Å²) in [6.45, 7) is 0.870. The number of hydrogen-bond donors (Lipinski definition) is 2. The molecule has 4 N–H and O–H groups in total. The van der Waals surface area contributed by atoms with E-state index in [-0.39, 0.29) is 0 Å². The Labute approximate surface area is 209 Å². The predicted molar refractivity (Wildman–Crippen MR) is 136 cm³/mol. The highest BCUT2D eigenvalue weighted by molar-refractivity contribution is 5.86. The molecule has 4 aromatic rings. The number of primary amides is 1. The molecule has 8 heteroatoms. The molecular weight excluding hydrogens is 454 g/mol. The van der Waals surface area contributed by atoms with Crippen molar-refractivity contribution in [1.29, 1.82) is 0 Å². The Kier molecular flexibility index (Phi) is 5.60. The molecule has 1 saturated carbocycles. The van der Waals surface area contributed by atoms with E-state index in [1.807, 2.05) is 54.7 Å². The largest absolute Gasteiger partial charge is 0.489 e. The monoisotopic (exact) mass is 483 g/mol. The number of anilines is 1. The van der Waals surface area contributed by atoms with E-state index < -0.39 is 11.5 Å². The molecule has 1 aliphatic carbocycles. The van der Waals surface area contributed by atoms with Gasteiger partial charge >= 0.3 is 0 Å². The van der Waals surface area contributed by atoms with Gasteiger partial charge in [-0.1, -0.05) is 36.8 Å². The van der Waals surface area contributed by atoms with Crippen LogP contribution in [-0.4, -0.2) is 26.9 Å². The molecule has 2 fully saturated rings. The minimum Gasteiger partial charge on any atom is -0.489 e. The van der Waals surface area contributed by atoms with Gasteiger partial charge in [0.05, 0.1) is 0 Å². The molecule has 2 aromatic heterocycles. The van der Waals surface area contributed by atoms with Crippen LogP contribution in [0.5, 0.6) is 5.75 Å². The number of nitrogen functional groups attached to an aromatic ring is 1. The summed E-state index contributed by atoms with van der Waals surface area (Å²) in [4.78, 5) is 21.5. The zero-order chi connectivity index (χ0) is 24.7. The quantitative estimate of drug-likeness (QED) is 0.404. The Bertz CT molecular complexity index is 1440. The highest BCUT2D eigenvalue weighted by Crippen LogP contribution is 2.40. The summed E-state index contributed by atoms with van der Waals surface area (Å²) in [5.41, 5.74) is 15.2. The Hall–Kier alpha value is -3.91. The first-order chi connectivity index (χ1) is 17.5. The van der Waals surface area contributed by atoms with Crippen LogP contribution in [0.1, 0.15) is 55.0 Å². The van der Waals surface area contributed by atoms with Gasteiger partial charge in [-0.15, -0.1) is 0 Å². The topological polar surface area (TPSA) is 118 Å². The number of amides is 1. The lowest BCUT2D eigenvalue weighted by Crippen LogP contribution is -2.40. The van der Waals surface area contributed by atoms with E-state index in [0.717, 1.165) is 53.0 Å². The maximum atomic E-state index is 12.2. The van der Waals surface area contributed by atoms with Gasteiger partial charge in [0.2, 0.25) is 0 Å². The minimum absolute atomic E-state index is 0.340. The average molecular weight is 484 g/mol. The van der Waals surface area contributed by atoms with Crippen molar-refractivity contribution in [2.75, 3.05) is 12.3 Å². The fourth-order valence-corrected chi connectivity index (χ4v) is 5.26. The molecule has 184 valence electrons. The SMILES string of the molecule is NC(=O)C1(c2cccc(COc3cccc(-c4nc(C5CCC5)n5ccnc(N)c45)c3)c2)CCCO1. The number of carbonyl (C=O) groups excluding carboxylic acids is 1. The smallest absolute Gasteiger partial charge is 0.254 e. The fraction of sp³-hybridized carbons (Fsp3) is 0.321. The number of fused-ring (bicyclic) bond motifs is 1. The Morgan fingerprint density at radius 1 is 1.17 bits per heavy atom. The van der Waals surface area contributed by atoms with Gasteiger partial charge in [-0.05, 0) is 55.0 Å². The molecule has 1 saturated heterocycles. The third-order valence-corrected chi connectivity index (χ3v) is 7.41. The van der Waals surface area contributed by atoms with Gasteiger partial charge in [-0.25, -0.2) is 9.97 Å². The summed E-state index contributed by atoms with van der Waals surface area (Å²) in [7, 11) is 0. The van der Waals surface area contributed by atoms with Crippen LogP contribution in [0.4, 0.5) is 5.82 Å². The van der Waals surface area contributed by atoms with E-state index in [2.05, 4.69) is 9.38 Å². The van der Waals surface area contributed by atoms with E-state index in [4.69, 9.17) is 25.9 Å². The molecule has 2 aliphatic rings. The van der Waals surface area contributed by atoms with Crippen molar-refractivity contribution in [2.45, 2.75) is 50.2 Å². The molecule has 36 heavy (non-hydrogen) atoms. The van der Waals surface area contributed by atoms with Crippen molar-refractivity contribution >= 4 is 17.2 Å². The van der Waals surface area contributed by atoms with E-state index in [1.54, 1.807) is 6.20 Å². The molecule has 8 nitrogen and oxygen atoms in total. The van der Waals surface area contributed by atoms with Crippen LogP contribution in [-0.2, 0) is 21.7 Å². The maximum Gasteiger partial charge on any atom is 0.254 e. The first kappa shape index (κ1) is 22.5. The lowest BCUT2D eigenvalue weighted by Gasteiger charge is -2.25. The molecule has 2 aromatic carbocycles. The van der Waals surface area contributed by atoms with Crippen molar-refractivity contribution in [3.05, 3.63) is 77.9 Å². The van der Waals surface area contributed by atoms with Gasteiger partial charge in [-0.3, -0.25) is 9.20 Å². The van der Waals surface area contributed by atoms with Gasteiger partial charge in [0.15, 0.2) is 5.60 Å². The number of ether oxygens (including phenoxy) is 2. The van der Waals surface area contributed by atoms with Crippen molar-refractivity contribution in [3.63, 3.8) is 0 Å². The third-order valence-electron chi connectivity index (χ3n) is 7.41. The van der Waals surface area contributed by atoms with Crippen LogP contribution in [0, 0.1) is 0 Å². The molecule has 1 atom stereocenters. The second-order valence-corrected chi connectivity index (χ2v) is 9.64. The van der Waals surface area contributed by atoms with E-state index >= 15 is 0 Å². The molecule has 1 amide bonds. The lowest BCUT2D eigenvalue weighted by atomic mass is 9.85. The Balaban J connectivity index is 1.27. The van der Waals surface area contributed by atoms with Crippen LogP contribution in [0.15, 0.2) is 60.9 Å². The highest BCUT2D eigenvalue weighted by Gasteiger charge is 2.43. The molecule has 3 heterocycles. The number of nitrogens with zero attached hydrogens (tertiary/aromatic N) is 3. The van der Waals surface area contributed by atoms with Crippen LogP contribution in [0.25, 0.3) is 16.8 Å². The number of imidazole rings is 1. The van der Waals surface area contributed by atoms with Crippen molar-refractivity contribution in [3.8, 4) is 17.0 Å². The molecule has 1 aliphatic heterocycles. The second kappa shape index (κ2) is 8.95. The first-order valence-corrected chi connectivity index (χ1v) is 12.4. The van der Waals surface area contributed by atoms with Crippen LogP contribution >= 0.6 is 0 Å². The first-order valence-electron chi connectivity index (χ1n) is 12.4. The normalized spacial score (nSPS) is 19.9. The third kappa shape index (κ3) is 3.78. The Morgan fingerprint density at radius 3 is 2.78 bits per heavy atom. The van der Waals surface area contributed by atoms with Crippen LogP contribution < -0.4 is 16.2 Å². The number of benzene rings is 2. The summed E-state index contributed by atoms with van der Waals surface area (Å²) in [5.74, 6) is 2.22. The van der Waals surface area contributed by atoms with Gasteiger partial charge in [0.25, 0.3) is 5.91 Å². The molecule has 6 rings (SSSR count). The number of aromatic nitrogens is 3. The summed E-state index contributed by atoms with van der Waals surface area (Å²) in [6.07, 6.45) is 8.58. The van der Waals surface area contributed by atoms with E-state index in [1.165, 1.54) is 6.42 Å². The van der Waals surface area contributed by atoms with Crippen LogP contribution in [0.2, 0.25) is 0 Å². The van der Waals surface area contributed by atoms with Crippen molar-refractivity contribution in [2.24, 2.45) is 5.73 Å².